The van der Waals surface area contributed by atoms with E-state index in [-0.39, 0.29) is 22.7 Å². The molecular formula is C16H22F6O. The first-order chi connectivity index (χ1) is 10.0. The van der Waals surface area contributed by atoms with Crippen LogP contribution in [0.4, 0.5) is 26.3 Å². The van der Waals surface area contributed by atoms with Crippen molar-refractivity contribution < 1.29 is 31.4 Å². The average molecular weight is 344 g/mol. The van der Waals surface area contributed by atoms with Gasteiger partial charge in [-0.05, 0) is 53.3 Å². The van der Waals surface area contributed by atoms with Crippen molar-refractivity contribution in [3.63, 3.8) is 0 Å². The smallest absolute Gasteiger partial charge is 0.374 e. The Kier molecular flexibility index (Phi) is 3.04. The van der Waals surface area contributed by atoms with Crippen molar-refractivity contribution in [2.75, 3.05) is 0 Å². The third kappa shape index (κ3) is 1.75. The molecule has 7 heteroatoms. The van der Waals surface area contributed by atoms with Crippen LogP contribution in [-0.2, 0) is 0 Å². The first-order valence-electron chi connectivity index (χ1n) is 7.90. The average Bonchev–Trinajstić information content (AvgIpc) is 2.69. The monoisotopic (exact) mass is 344 g/mol. The van der Waals surface area contributed by atoms with Gasteiger partial charge in [-0.1, -0.05) is 27.7 Å². The largest absolute Gasteiger partial charge is 0.426 e. The predicted octanol–water partition coefficient (Wildman–Crippen LogP) is 4.94. The van der Waals surface area contributed by atoms with Crippen molar-refractivity contribution in [2.24, 2.45) is 34.0 Å². The second-order valence-corrected chi connectivity index (χ2v) is 8.80. The van der Waals surface area contributed by atoms with E-state index in [9.17, 15) is 31.4 Å². The van der Waals surface area contributed by atoms with E-state index in [1.165, 1.54) is 0 Å². The van der Waals surface area contributed by atoms with Crippen LogP contribution in [0.3, 0.4) is 0 Å². The lowest BCUT2D eigenvalue weighted by Gasteiger charge is -2.44. The molecule has 0 amide bonds. The molecule has 1 spiro atoms. The fourth-order valence-corrected chi connectivity index (χ4v) is 6.35. The van der Waals surface area contributed by atoms with E-state index in [1.807, 2.05) is 13.8 Å². The first-order valence-corrected chi connectivity index (χ1v) is 7.90. The van der Waals surface area contributed by atoms with Crippen LogP contribution >= 0.6 is 0 Å². The first kappa shape index (κ1) is 17.4. The fraction of sp³-hybridized carbons (Fsp3) is 1.00. The predicted molar refractivity (Wildman–Crippen MR) is 71.4 cm³/mol. The summed E-state index contributed by atoms with van der Waals surface area (Å²) in [5.41, 5.74) is -5.43. The Morgan fingerprint density at radius 3 is 1.87 bits per heavy atom. The van der Waals surface area contributed by atoms with E-state index in [1.54, 1.807) is 0 Å². The normalized spacial score (nSPS) is 45.3. The summed E-state index contributed by atoms with van der Waals surface area (Å²) in [5.74, 6) is -0.484. The molecule has 0 aliphatic heterocycles. The highest BCUT2D eigenvalue weighted by Crippen LogP contribution is 2.89. The minimum atomic E-state index is -5.71. The van der Waals surface area contributed by atoms with E-state index < -0.39 is 35.7 Å². The molecule has 0 aromatic carbocycles. The lowest BCUT2D eigenvalue weighted by atomic mass is 9.62. The summed E-state index contributed by atoms with van der Waals surface area (Å²) in [5, 5.41) is 9.56. The number of hydrogen-bond donors (Lipinski definition) is 1. The third-order valence-corrected chi connectivity index (χ3v) is 7.78. The standard InChI is InChI=1S/C16H22F6O/c1-8-10-11(2,3)12(4)5-9(13(8,10)7-12)6-14(23,15(17,18)19)16(20,21)22/h8-10,23H,5-7H2,1-4H3. The fourth-order valence-electron chi connectivity index (χ4n) is 6.35. The molecule has 0 aromatic rings. The summed E-state index contributed by atoms with van der Waals surface area (Å²) in [7, 11) is 0. The SMILES string of the molecule is CC1C2C13CC(C)(CC3CC(O)(C(F)(F)F)C(F)(F)F)C2(C)C. The van der Waals surface area contributed by atoms with Crippen molar-refractivity contribution in [3.05, 3.63) is 0 Å². The van der Waals surface area contributed by atoms with E-state index in [4.69, 9.17) is 0 Å². The van der Waals surface area contributed by atoms with Crippen LogP contribution in [-0.4, -0.2) is 23.1 Å². The van der Waals surface area contributed by atoms with Gasteiger partial charge < -0.3 is 5.11 Å². The molecule has 3 fully saturated rings. The van der Waals surface area contributed by atoms with Gasteiger partial charge in [0.1, 0.15) is 0 Å². The van der Waals surface area contributed by atoms with E-state index in [0.717, 1.165) is 0 Å². The Labute approximate surface area is 131 Å². The highest BCUT2D eigenvalue weighted by Gasteiger charge is 2.85. The van der Waals surface area contributed by atoms with E-state index in [2.05, 4.69) is 13.8 Å². The number of fused-ring (bicyclic) bond motifs is 1. The molecule has 1 nitrogen and oxygen atoms in total. The lowest BCUT2D eigenvalue weighted by molar-refractivity contribution is -0.373. The molecule has 134 valence electrons. The van der Waals surface area contributed by atoms with Gasteiger partial charge >= 0.3 is 12.4 Å². The maximum absolute atomic E-state index is 13.0. The molecule has 3 saturated carbocycles. The Morgan fingerprint density at radius 1 is 1.00 bits per heavy atom. The number of alkyl halides is 6. The zero-order valence-corrected chi connectivity index (χ0v) is 13.6. The van der Waals surface area contributed by atoms with Gasteiger partial charge in [-0.25, -0.2) is 0 Å². The Balaban J connectivity index is 1.94. The minimum absolute atomic E-state index is 0.0858. The van der Waals surface area contributed by atoms with Crippen molar-refractivity contribution in [1.29, 1.82) is 0 Å². The topological polar surface area (TPSA) is 20.2 Å². The molecule has 0 heterocycles. The van der Waals surface area contributed by atoms with Crippen LogP contribution < -0.4 is 0 Å². The number of aliphatic hydroxyl groups is 1. The molecule has 0 aromatic heterocycles. The van der Waals surface area contributed by atoms with Crippen LogP contribution in [0.25, 0.3) is 0 Å². The summed E-state index contributed by atoms with van der Waals surface area (Å²) in [6, 6.07) is 0. The van der Waals surface area contributed by atoms with Crippen molar-refractivity contribution in [1.82, 2.24) is 0 Å². The highest BCUT2D eigenvalue weighted by molar-refractivity contribution is 5.31. The molecule has 5 unspecified atom stereocenters. The molecule has 3 aliphatic carbocycles. The van der Waals surface area contributed by atoms with Crippen LogP contribution in [0.15, 0.2) is 0 Å². The van der Waals surface area contributed by atoms with Crippen LogP contribution in [0, 0.1) is 34.0 Å². The number of halogens is 6. The molecule has 5 atom stereocenters. The summed E-state index contributed by atoms with van der Waals surface area (Å²) < 4.78 is 78.1. The van der Waals surface area contributed by atoms with E-state index in [0.29, 0.717) is 12.8 Å². The Bertz CT molecular complexity index is 522. The summed E-state index contributed by atoms with van der Waals surface area (Å²) in [6.45, 7) is 8.02. The minimum Gasteiger partial charge on any atom is -0.374 e. The van der Waals surface area contributed by atoms with Gasteiger partial charge in [0.05, 0.1) is 0 Å². The van der Waals surface area contributed by atoms with Crippen LogP contribution in [0.1, 0.15) is 47.0 Å². The summed E-state index contributed by atoms with van der Waals surface area (Å²) >= 11 is 0. The maximum Gasteiger partial charge on any atom is 0.426 e. The number of hydrogen-bond acceptors (Lipinski definition) is 1. The summed E-state index contributed by atoms with van der Waals surface area (Å²) in [4.78, 5) is 0. The summed E-state index contributed by atoms with van der Waals surface area (Å²) in [6.07, 6.45) is -11.7. The molecule has 0 radical (unpaired) electrons. The molecular weight excluding hydrogens is 322 g/mol. The van der Waals surface area contributed by atoms with Crippen molar-refractivity contribution in [2.45, 2.75) is 64.9 Å². The number of rotatable bonds is 2. The zero-order chi connectivity index (χ0) is 17.9. The zero-order valence-electron chi connectivity index (χ0n) is 13.6. The van der Waals surface area contributed by atoms with Gasteiger partial charge in [0.2, 0.25) is 0 Å². The van der Waals surface area contributed by atoms with Gasteiger partial charge in [-0.2, -0.15) is 26.3 Å². The van der Waals surface area contributed by atoms with Crippen molar-refractivity contribution in [3.8, 4) is 0 Å². The van der Waals surface area contributed by atoms with Gasteiger partial charge in [0.15, 0.2) is 0 Å². The van der Waals surface area contributed by atoms with Crippen LogP contribution in [0.5, 0.6) is 0 Å². The second-order valence-electron chi connectivity index (χ2n) is 8.80. The molecule has 2 bridgehead atoms. The van der Waals surface area contributed by atoms with Crippen LogP contribution in [0.2, 0.25) is 0 Å². The third-order valence-electron chi connectivity index (χ3n) is 7.78. The van der Waals surface area contributed by atoms with E-state index >= 15 is 0 Å². The van der Waals surface area contributed by atoms with Gasteiger partial charge in [-0.15, -0.1) is 0 Å². The Morgan fingerprint density at radius 2 is 1.48 bits per heavy atom. The van der Waals surface area contributed by atoms with Crippen molar-refractivity contribution >= 4 is 0 Å². The maximum atomic E-state index is 13.0. The molecule has 1 N–H and O–H groups in total. The second kappa shape index (κ2) is 4.02. The quantitative estimate of drug-likeness (QED) is 0.704. The highest BCUT2D eigenvalue weighted by atomic mass is 19.4. The molecule has 23 heavy (non-hydrogen) atoms. The molecule has 0 saturated heterocycles. The lowest BCUT2D eigenvalue weighted by Crippen LogP contribution is -2.58. The molecule has 3 aliphatic rings. The van der Waals surface area contributed by atoms with Gasteiger partial charge in [-0.3, -0.25) is 0 Å². The molecule has 3 rings (SSSR count). The van der Waals surface area contributed by atoms with Gasteiger partial charge in [0.25, 0.3) is 5.60 Å². The van der Waals surface area contributed by atoms with Gasteiger partial charge in [0, 0.05) is 0 Å². The Hall–Kier alpha value is -0.460.